The fourth-order valence-electron chi connectivity index (χ4n) is 5.94. The van der Waals surface area contributed by atoms with Gasteiger partial charge in [0.25, 0.3) is 11.8 Å². The van der Waals surface area contributed by atoms with E-state index < -0.39 is 41.5 Å². The third-order valence-electron chi connectivity index (χ3n) is 8.43. The average molecular weight is 659 g/mol. The molecule has 0 saturated carbocycles. The van der Waals surface area contributed by atoms with E-state index in [9.17, 15) is 27.6 Å². The number of nitrogens with zero attached hydrogens (tertiary/aromatic N) is 6. The highest BCUT2D eigenvalue weighted by atomic mass is 19.4. The molecule has 48 heavy (non-hydrogen) atoms. The van der Waals surface area contributed by atoms with Crippen molar-refractivity contribution in [3.05, 3.63) is 113 Å². The Bertz CT molecular complexity index is 1860. The van der Waals surface area contributed by atoms with Crippen molar-refractivity contribution in [2.45, 2.75) is 38.0 Å². The summed E-state index contributed by atoms with van der Waals surface area (Å²) in [6.07, 6.45) is -1.22. The van der Waals surface area contributed by atoms with E-state index in [1.165, 1.54) is 4.90 Å². The summed E-state index contributed by atoms with van der Waals surface area (Å²) in [6, 6.07) is 15.9. The molecular formula is C34H33F3N8O3. The third-order valence-corrected chi connectivity index (χ3v) is 8.43. The lowest BCUT2D eigenvalue weighted by atomic mass is 9.82. The second-order valence-electron chi connectivity index (χ2n) is 11.6. The molecule has 2 atom stereocenters. The van der Waals surface area contributed by atoms with Crippen LogP contribution in [0.3, 0.4) is 0 Å². The number of carbonyl (C=O) groups excluding carboxylic acids is 3. The molecule has 2 aliphatic heterocycles. The highest BCUT2D eigenvalue weighted by molar-refractivity contribution is 6.04. The average Bonchev–Trinajstić information content (AvgIpc) is 3.50. The van der Waals surface area contributed by atoms with E-state index in [0.29, 0.717) is 40.8 Å². The fraction of sp³-hybridized carbons (Fsp3) is 0.294. The van der Waals surface area contributed by atoms with Crippen LogP contribution in [0.2, 0.25) is 0 Å². The van der Waals surface area contributed by atoms with Gasteiger partial charge in [-0.05, 0) is 55.8 Å². The molecule has 1 saturated heterocycles. The van der Waals surface area contributed by atoms with Crippen LogP contribution in [-0.4, -0.2) is 74.6 Å². The lowest BCUT2D eigenvalue weighted by Crippen LogP contribution is -2.55. The molecule has 0 aliphatic carbocycles. The van der Waals surface area contributed by atoms with Gasteiger partial charge < -0.3 is 10.6 Å². The van der Waals surface area contributed by atoms with Gasteiger partial charge >= 0.3 is 6.18 Å². The first kappa shape index (κ1) is 32.6. The van der Waals surface area contributed by atoms with Gasteiger partial charge in [-0.3, -0.25) is 24.2 Å². The lowest BCUT2D eigenvalue weighted by molar-refractivity contribution is -0.141. The standard InChI is InChI=1S/C34H33F3N8O3/c1-3-44-32-25(19-40-45(32)24-11-5-4-6-12-24)27(28(33(44)48)42-31(47)29-38-14-13-26(41-29)34(35,36)37)23-10-7-9-22(17-23)18-39-30(46)21(2)20-43-15-8-16-43/h4-7,9-14,17,19,27-28H,2-3,8,15-16,18,20H2,1H3,(H,39,46)(H,42,47)/t27-,28+/m0/s1. The Kier molecular flexibility index (Phi) is 9.09. The van der Waals surface area contributed by atoms with E-state index in [2.05, 4.69) is 37.2 Å². The van der Waals surface area contributed by atoms with Crippen LogP contribution in [0.25, 0.3) is 5.69 Å². The third kappa shape index (κ3) is 6.56. The van der Waals surface area contributed by atoms with Gasteiger partial charge in [-0.25, -0.2) is 14.6 Å². The summed E-state index contributed by atoms with van der Waals surface area (Å²) in [4.78, 5) is 51.2. The van der Waals surface area contributed by atoms with E-state index in [1.54, 1.807) is 29.9 Å². The summed E-state index contributed by atoms with van der Waals surface area (Å²) in [5, 5.41) is 10.1. The number of alkyl halides is 3. The minimum Gasteiger partial charge on any atom is -0.348 e. The molecule has 248 valence electrons. The second-order valence-corrected chi connectivity index (χ2v) is 11.6. The number of likely N-dealkylation sites (tertiary alicyclic amines) is 1. The fourth-order valence-corrected chi connectivity index (χ4v) is 5.94. The number of hydrogen-bond donors (Lipinski definition) is 2. The number of hydrogen-bond acceptors (Lipinski definition) is 7. The number of para-hydroxylation sites is 1. The maximum Gasteiger partial charge on any atom is 0.433 e. The number of fused-ring (bicyclic) bond motifs is 1. The molecule has 2 aromatic carbocycles. The first-order valence-corrected chi connectivity index (χ1v) is 15.5. The topological polar surface area (TPSA) is 125 Å². The van der Waals surface area contributed by atoms with Crippen molar-refractivity contribution in [2.24, 2.45) is 0 Å². The molecule has 11 nitrogen and oxygen atoms in total. The van der Waals surface area contributed by atoms with E-state index in [0.717, 1.165) is 31.3 Å². The molecule has 0 spiro atoms. The predicted molar refractivity (Wildman–Crippen MR) is 170 cm³/mol. The van der Waals surface area contributed by atoms with Gasteiger partial charge in [-0.15, -0.1) is 0 Å². The zero-order valence-electron chi connectivity index (χ0n) is 26.1. The van der Waals surface area contributed by atoms with Crippen molar-refractivity contribution in [3.63, 3.8) is 0 Å². The SMILES string of the molecule is C=C(CN1CCC1)C(=O)NCc1cccc([C@H]2c3cnn(-c4ccccc4)c3N(CC)C(=O)[C@@H]2NC(=O)c2nccc(C(F)(F)F)n2)c1. The molecule has 4 aromatic rings. The minimum atomic E-state index is -4.79. The smallest absolute Gasteiger partial charge is 0.348 e. The van der Waals surface area contributed by atoms with Crippen molar-refractivity contribution < 1.29 is 27.6 Å². The molecule has 14 heteroatoms. The number of benzene rings is 2. The Morgan fingerprint density at radius 1 is 1.06 bits per heavy atom. The van der Waals surface area contributed by atoms with Crippen LogP contribution in [0.15, 0.2) is 85.2 Å². The van der Waals surface area contributed by atoms with E-state index in [4.69, 9.17) is 0 Å². The van der Waals surface area contributed by atoms with Crippen LogP contribution in [0.1, 0.15) is 52.3 Å². The van der Waals surface area contributed by atoms with Crippen molar-refractivity contribution in [1.29, 1.82) is 0 Å². The minimum absolute atomic E-state index is 0.179. The number of halogens is 3. The van der Waals surface area contributed by atoms with E-state index in [-0.39, 0.29) is 19.0 Å². The molecular weight excluding hydrogens is 625 g/mol. The quantitative estimate of drug-likeness (QED) is 0.248. The Balaban J connectivity index is 1.36. The van der Waals surface area contributed by atoms with Crippen molar-refractivity contribution in [1.82, 2.24) is 35.3 Å². The number of nitrogens with one attached hydrogen (secondary N) is 2. The Morgan fingerprint density at radius 2 is 1.83 bits per heavy atom. The van der Waals surface area contributed by atoms with Crippen molar-refractivity contribution >= 4 is 23.5 Å². The number of aromatic nitrogens is 4. The van der Waals surface area contributed by atoms with Crippen LogP contribution < -0.4 is 15.5 Å². The highest BCUT2D eigenvalue weighted by Crippen LogP contribution is 2.41. The van der Waals surface area contributed by atoms with Gasteiger partial charge in [0, 0.05) is 42.9 Å². The first-order chi connectivity index (χ1) is 23.0. The molecule has 2 N–H and O–H groups in total. The number of amides is 3. The van der Waals surface area contributed by atoms with Gasteiger partial charge in [0.1, 0.15) is 17.6 Å². The molecule has 3 amide bonds. The molecule has 1 fully saturated rings. The van der Waals surface area contributed by atoms with Gasteiger partial charge in [-0.1, -0.05) is 49.0 Å². The van der Waals surface area contributed by atoms with Gasteiger partial charge in [0.2, 0.25) is 11.7 Å². The largest absolute Gasteiger partial charge is 0.433 e. The van der Waals surface area contributed by atoms with E-state index >= 15 is 0 Å². The maximum absolute atomic E-state index is 14.2. The molecule has 0 unspecified atom stereocenters. The second kappa shape index (κ2) is 13.4. The summed E-state index contributed by atoms with van der Waals surface area (Å²) in [5.74, 6) is -2.82. The zero-order chi connectivity index (χ0) is 34.0. The van der Waals surface area contributed by atoms with Crippen LogP contribution in [0.5, 0.6) is 0 Å². The summed E-state index contributed by atoms with van der Waals surface area (Å²) in [7, 11) is 0. The summed E-state index contributed by atoms with van der Waals surface area (Å²) in [6.45, 7) is 8.46. The van der Waals surface area contributed by atoms with Gasteiger partial charge in [-0.2, -0.15) is 18.3 Å². The Hall–Kier alpha value is -5.37. The highest BCUT2D eigenvalue weighted by Gasteiger charge is 2.45. The number of carbonyl (C=O) groups is 3. The predicted octanol–water partition coefficient (Wildman–Crippen LogP) is 3.86. The first-order valence-electron chi connectivity index (χ1n) is 15.5. The van der Waals surface area contributed by atoms with Crippen molar-refractivity contribution in [2.75, 3.05) is 31.1 Å². The van der Waals surface area contributed by atoms with Crippen LogP contribution in [0.4, 0.5) is 19.0 Å². The Labute approximate surface area is 274 Å². The van der Waals surface area contributed by atoms with Crippen molar-refractivity contribution in [3.8, 4) is 5.69 Å². The number of rotatable bonds is 10. The number of likely N-dealkylation sites (N-methyl/N-ethyl adjacent to an activating group) is 1. The molecule has 0 bridgehead atoms. The summed E-state index contributed by atoms with van der Waals surface area (Å²) < 4.78 is 41.8. The molecule has 4 heterocycles. The van der Waals surface area contributed by atoms with Crippen LogP contribution in [-0.2, 0) is 22.3 Å². The maximum atomic E-state index is 14.2. The molecule has 2 aromatic heterocycles. The van der Waals surface area contributed by atoms with Crippen LogP contribution >= 0.6 is 0 Å². The molecule has 2 aliphatic rings. The molecule has 6 rings (SSSR count). The Morgan fingerprint density at radius 3 is 2.52 bits per heavy atom. The summed E-state index contributed by atoms with van der Waals surface area (Å²) in [5.41, 5.74) is 1.85. The van der Waals surface area contributed by atoms with Crippen LogP contribution in [0, 0.1) is 0 Å². The van der Waals surface area contributed by atoms with Gasteiger partial charge in [0.05, 0.1) is 11.9 Å². The normalized spacial score (nSPS) is 17.8. The monoisotopic (exact) mass is 658 g/mol. The molecule has 0 radical (unpaired) electrons. The zero-order valence-corrected chi connectivity index (χ0v) is 26.1. The van der Waals surface area contributed by atoms with Gasteiger partial charge in [0.15, 0.2) is 0 Å². The summed E-state index contributed by atoms with van der Waals surface area (Å²) >= 11 is 0. The number of anilines is 1. The van der Waals surface area contributed by atoms with E-state index in [1.807, 2.05) is 42.5 Å². The lowest BCUT2D eigenvalue weighted by Gasteiger charge is -2.38.